The molecule has 1 atom stereocenters. The number of amides is 1. The molecule has 1 N–H and O–H groups in total. The number of rotatable bonds is 4. The zero-order valence-corrected chi connectivity index (χ0v) is 19.4. The van der Waals surface area contributed by atoms with Crippen molar-refractivity contribution >= 4 is 39.3 Å². The largest absolute Gasteiger partial charge is 0.375 e. The van der Waals surface area contributed by atoms with Crippen LogP contribution in [0.4, 0.5) is 17.5 Å². The lowest BCUT2D eigenvalue weighted by atomic mass is 9.93. The molecule has 2 aliphatic heterocycles. The van der Waals surface area contributed by atoms with Gasteiger partial charge in [0.05, 0.1) is 24.0 Å². The first-order chi connectivity index (χ1) is 15.0. The first-order valence-corrected chi connectivity index (χ1v) is 11.9. The van der Waals surface area contributed by atoms with Gasteiger partial charge in [-0.15, -0.1) is 0 Å². The van der Waals surface area contributed by atoms with Crippen molar-refractivity contribution in [2.24, 2.45) is 5.41 Å². The number of hydrogen-bond donors (Lipinski definition) is 1. The number of hydrogen-bond acceptors (Lipinski definition) is 6. The fraction of sp³-hybridized carbons (Fsp3) is 0.522. The summed E-state index contributed by atoms with van der Waals surface area (Å²) in [5, 5.41) is 2.99. The second kappa shape index (κ2) is 8.39. The molecule has 164 valence electrons. The van der Waals surface area contributed by atoms with Crippen LogP contribution in [-0.4, -0.2) is 54.8 Å². The van der Waals surface area contributed by atoms with Crippen LogP contribution in [0.3, 0.4) is 0 Å². The maximum atomic E-state index is 13.2. The van der Waals surface area contributed by atoms with Crippen molar-refractivity contribution in [2.45, 2.75) is 38.7 Å². The van der Waals surface area contributed by atoms with Crippen LogP contribution in [0.15, 0.2) is 34.9 Å². The molecule has 0 radical (unpaired) electrons. The molecular weight excluding hydrogens is 458 g/mol. The van der Waals surface area contributed by atoms with Crippen LogP contribution in [0.5, 0.6) is 0 Å². The minimum Gasteiger partial charge on any atom is -0.375 e. The third kappa shape index (κ3) is 4.55. The highest BCUT2D eigenvalue weighted by atomic mass is 79.9. The topological polar surface area (TPSA) is 70.6 Å². The third-order valence-corrected chi connectivity index (χ3v) is 7.23. The van der Waals surface area contributed by atoms with Crippen molar-refractivity contribution in [2.75, 3.05) is 47.9 Å². The van der Waals surface area contributed by atoms with Crippen LogP contribution in [0.25, 0.3) is 0 Å². The number of nitrogens with zero attached hydrogens (tertiary/aromatic N) is 4. The lowest BCUT2D eigenvalue weighted by molar-refractivity contribution is 0.0526. The molecule has 8 heteroatoms. The van der Waals surface area contributed by atoms with Crippen LogP contribution in [-0.2, 0) is 4.74 Å². The predicted octanol–water partition coefficient (Wildman–Crippen LogP) is 4.10. The third-order valence-electron chi connectivity index (χ3n) is 6.73. The second-order valence-electron chi connectivity index (χ2n) is 8.97. The van der Waals surface area contributed by atoms with E-state index in [-0.39, 0.29) is 12.0 Å². The zero-order valence-electron chi connectivity index (χ0n) is 17.8. The first kappa shape index (κ1) is 20.7. The van der Waals surface area contributed by atoms with Crippen molar-refractivity contribution in [3.8, 4) is 0 Å². The molecule has 2 saturated heterocycles. The number of anilines is 3. The molecule has 2 aromatic rings. The van der Waals surface area contributed by atoms with Crippen LogP contribution < -0.4 is 15.1 Å². The molecule has 1 saturated carbocycles. The highest BCUT2D eigenvalue weighted by molar-refractivity contribution is 9.10. The number of aromatic nitrogens is 2. The molecule has 3 aliphatic rings. The maximum Gasteiger partial charge on any atom is 0.258 e. The number of halogens is 1. The first-order valence-electron chi connectivity index (χ1n) is 11.1. The monoisotopic (exact) mass is 485 g/mol. The molecule has 1 spiro atoms. The Labute approximate surface area is 191 Å². The standard InChI is InChI=1S/C23H28BrN5O2/c1-16-15-29(12-13-31-16)22-25-9-4-20(27-22)26-21(30)18-3-2-17(24)14-19(18)28-10-7-23(5-6-23)8-11-28/h2-4,9,14,16H,5-8,10-13,15H2,1H3,(H,25,26,27,30)/t16-/m1/s1. The lowest BCUT2D eigenvalue weighted by Gasteiger charge is -2.35. The highest BCUT2D eigenvalue weighted by Gasteiger charge is 2.44. The van der Waals surface area contributed by atoms with E-state index in [4.69, 9.17) is 4.74 Å². The Hall–Kier alpha value is -2.19. The molecule has 31 heavy (non-hydrogen) atoms. The zero-order chi connectivity index (χ0) is 21.4. The lowest BCUT2D eigenvalue weighted by Crippen LogP contribution is -2.42. The van der Waals surface area contributed by atoms with Crippen molar-refractivity contribution in [1.82, 2.24) is 9.97 Å². The summed E-state index contributed by atoms with van der Waals surface area (Å²) in [6.07, 6.45) is 7.00. The van der Waals surface area contributed by atoms with Gasteiger partial charge in [-0.3, -0.25) is 4.79 Å². The minimum absolute atomic E-state index is 0.139. The van der Waals surface area contributed by atoms with Crippen LogP contribution in [0.1, 0.15) is 43.0 Å². The predicted molar refractivity (Wildman–Crippen MR) is 125 cm³/mol. The average Bonchev–Trinajstić information content (AvgIpc) is 3.53. The summed E-state index contributed by atoms with van der Waals surface area (Å²) in [6, 6.07) is 7.61. The van der Waals surface area contributed by atoms with Crippen molar-refractivity contribution < 1.29 is 9.53 Å². The van der Waals surface area contributed by atoms with E-state index < -0.39 is 0 Å². The van der Waals surface area contributed by atoms with E-state index in [0.29, 0.717) is 29.4 Å². The fourth-order valence-corrected chi connectivity index (χ4v) is 4.96. The summed E-state index contributed by atoms with van der Waals surface area (Å²) in [6.45, 7) is 6.19. The van der Waals surface area contributed by atoms with Crippen LogP contribution in [0.2, 0.25) is 0 Å². The molecule has 0 unspecified atom stereocenters. The Morgan fingerprint density at radius 1 is 1.16 bits per heavy atom. The summed E-state index contributed by atoms with van der Waals surface area (Å²) in [5.74, 6) is 0.988. The Morgan fingerprint density at radius 3 is 2.71 bits per heavy atom. The van der Waals surface area contributed by atoms with Gasteiger partial charge in [0.15, 0.2) is 0 Å². The molecule has 7 nitrogen and oxygen atoms in total. The molecule has 1 amide bonds. The second-order valence-corrected chi connectivity index (χ2v) is 9.89. The average molecular weight is 486 g/mol. The van der Waals surface area contributed by atoms with E-state index >= 15 is 0 Å². The van der Waals surface area contributed by atoms with Gasteiger partial charge in [0, 0.05) is 36.8 Å². The summed E-state index contributed by atoms with van der Waals surface area (Å²) in [4.78, 5) is 26.6. The summed E-state index contributed by atoms with van der Waals surface area (Å²) < 4.78 is 6.59. The number of benzene rings is 1. The number of carbonyl (C=O) groups is 1. The molecule has 5 rings (SSSR count). The van der Waals surface area contributed by atoms with Gasteiger partial charge in [-0.25, -0.2) is 4.98 Å². The Bertz CT molecular complexity index is 970. The van der Waals surface area contributed by atoms with Gasteiger partial charge in [0.25, 0.3) is 5.91 Å². The summed E-state index contributed by atoms with van der Waals surface area (Å²) in [7, 11) is 0. The number of ether oxygens (including phenoxy) is 1. The van der Waals surface area contributed by atoms with Gasteiger partial charge in [-0.05, 0) is 62.3 Å². The number of morpholine rings is 1. The highest BCUT2D eigenvalue weighted by Crippen LogP contribution is 2.54. The van der Waals surface area contributed by atoms with Crippen LogP contribution in [0, 0.1) is 5.41 Å². The minimum atomic E-state index is -0.144. The van der Waals surface area contributed by atoms with Gasteiger partial charge >= 0.3 is 0 Å². The normalized spacial score (nSPS) is 22.5. The molecule has 3 fully saturated rings. The summed E-state index contributed by atoms with van der Waals surface area (Å²) >= 11 is 3.58. The molecule has 0 bridgehead atoms. The van der Waals surface area contributed by atoms with Gasteiger partial charge in [-0.1, -0.05) is 15.9 Å². The van der Waals surface area contributed by atoms with Gasteiger partial charge in [-0.2, -0.15) is 4.98 Å². The fourth-order valence-electron chi connectivity index (χ4n) is 4.61. The smallest absolute Gasteiger partial charge is 0.258 e. The van der Waals surface area contributed by atoms with Gasteiger partial charge in [0.1, 0.15) is 5.82 Å². The van der Waals surface area contributed by atoms with Gasteiger partial charge in [0.2, 0.25) is 5.95 Å². The number of carbonyl (C=O) groups excluding carboxylic acids is 1. The van der Waals surface area contributed by atoms with Crippen molar-refractivity contribution in [3.63, 3.8) is 0 Å². The SMILES string of the molecule is C[C@@H]1CN(c2nccc(NC(=O)c3ccc(Br)cc3N3CCC4(CC3)CC4)n2)CCO1. The number of piperidine rings is 1. The van der Waals surface area contributed by atoms with Crippen LogP contribution >= 0.6 is 15.9 Å². The van der Waals surface area contributed by atoms with Crippen molar-refractivity contribution in [3.05, 3.63) is 40.5 Å². The maximum absolute atomic E-state index is 13.2. The Morgan fingerprint density at radius 2 is 1.97 bits per heavy atom. The molecule has 1 aromatic heterocycles. The molecule has 3 heterocycles. The van der Waals surface area contributed by atoms with Crippen molar-refractivity contribution in [1.29, 1.82) is 0 Å². The van der Waals surface area contributed by atoms with E-state index in [1.807, 2.05) is 19.1 Å². The quantitative estimate of drug-likeness (QED) is 0.702. The van der Waals surface area contributed by atoms with E-state index in [0.717, 1.165) is 36.3 Å². The summed E-state index contributed by atoms with van der Waals surface area (Å²) in [5.41, 5.74) is 2.26. The van der Waals surface area contributed by atoms with Gasteiger partial charge < -0.3 is 19.9 Å². The number of nitrogens with one attached hydrogen (secondary N) is 1. The van der Waals surface area contributed by atoms with E-state index in [9.17, 15) is 4.79 Å². The van der Waals surface area contributed by atoms with E-state index in [2.05, 4.69) is 47.1 Å². The van der Waals surface area contributed by atoms with E-state index in [1.54, 1.807) is 12.3 Å². The molecular formula is C23H28BrN5O2. The Kier molecular flexibility index (Phi) is 5.60. The molecule has 1 aliphatic carbocycles. The Balaban J connectivity index is 1.33. The molecule has 1 aromatic carbocycles. The van der Waals surface area contributed by atoms with E-state index in [1.165, 1.54) is 25.7 Å².